The van der Waals surface area contributed by atoms with Gasteiger partial charge in [0.1, 0.15) is 0 Å². The van der Waals surface area contributed by atoms with Crippen molar-refractivity contribution in [2.75, 3.05) is 12.3 Å². The molecule has 100 valence electrons. The van der Waals surface area contributed by atoms with Gasteiger partial charge in [-0.3, -0.25) is 0 Å². The topological polar surface area (TPSA) is 86.2 Å². The van der Waals surface area contributed by atoms with Gasteiger partial charge in [0.25, 0.3) is 0 Å². The highest BCUT2D eigenvalue weighted by atomic mass is 35.5. The molecule has 4 N–H and O–H groups in total. The van der Waals surface area contributed by atoms with Gasteiger partial charge in [-0.2, -0.15) is 0 Å². The van der Waals surface area contributed by atoms with Crippen LogP contribution in [0.2, 0.25) is 5.02 Å². The Kier molecular flexibility index (Phi) is 3.44. The molecule has 0 aliphatic heterocycles. The number of halogens is 1. The summed E-state index contributed by atoms with van der Waals surface area (Å²) >= 11 is 5.93. The van der Waals surface area contributed by atoms with Crippen molar-refractivity contribution in [1.82, 2.24) is 0 Å². The van der Waals surface area contributed by atoms with Crippen molar-refractivity contribution in [3.8, 4) is 0 Å². The fourth-order valence-corrected chi connectivity index (χ4v) is 4.79. The highest BCUT2D eigenvalue weighted by molar-refractivity contribution is 7.92. The van der Waals surface area contributed by atoms with E-state index in [1.54, 1.807) is 25.1 Å². The second-order valence-corrected chi connectivity index (χ2v) is 7.57. The first kappa shape index (κ1) is 13.8. The fourth-order valence-electron chi connectivity index (χ4n) is 2.57. The number of sulfone groups is 1. The largest absolute Gasteiger partial charge is 0.329 e. The summed E-state index contributed by atoms with van der Waals surface area (Å²) < 4.78 is 24.1. The molecule has 0 heterocycles. The summed E-state index contributed by atoms with van der Waals surface area (Å²) in [5.41, 5.74) is 11.8. The van der Waals surface area contributed by atoms with Gasteiger partial charge in [-0.15, -0.1) is 0 Å². The molecule has 6 heteroatoms. The summed E-state index contributed by atoms with van der Waals surface area (Å²) in [5, 5.41) is -0.0233. The normalized spacial score (nSPS) is 31.3. The van der Waals surface area contributed by atoms with Crippen LogP contribution in [-0.2, 0) is 9.84 Å². The predicted octanol–water partition coefficient (Wildman–Crippen LogP) is 0.897. The third-order valence-corrected chi connectivity index (χ3v) is 6.18. The first-order valence-corrected chi connectivity index (χ1v) is 7.92. The van der Waals surface area contributed by atoms with E-state index in [1.165, 1.54) is 0 Å². The Balaban J connectivity index is 2.40. The Morgan fingerprint density at radius 3 is 2.61 bits per heavy atom. The standard InChI is InChI=1S/C12H17ClN2O2S/c1-2-18(16,17)11-10(12(11,15)7-14)8-4-3-5-9(13)6-8/h3-6,10-11H,2,7,14-15H2,1H3/t10-,11+,12+/m0/s1. The number of nitrogens with two attached hydrogens (primary N) is 2. The highest BCUT2D eigenvalue weighted by Crippen LogP contribution is 2.53. The lowest BCUT2D eigenvalue weighted by atomic mass is 10.1. The second kappa shape index (κ2) is 4.49. The minimum atomic E-state index is -3.20. The van der Waals surface area contributed by atoms with Gasteiger partial charge in [-0.25, -0.2) is 8.42 Å². The van der Waals surface area contributed by atoms with E-state index < -0.39 is 20.6 Å². The Hall–Kier alpha value is -0.620. The van der Waals surface area contributed by atoms with Gasteiger partial charge in [-0.05, 0) is 17.7 Å². The number of rotatable bonds is 4. The van der Waals surface area contributed by atoms with Crippen molar-refractivity contribution in [1.29, 1.82) is 0 Å². The SMILES string of the molecule is CCS(=O)(=O)[C@@H]1[C@H](c2cccc(Cl)c2)[C@]1(N)CN. The van der Waals surface area contributed by atoms with Gasteiger partial charge in [0.2, 0.25) is 0 Å². The lowest BCUT2D eigenvalue weighted by Gasteiger charge is -2.08. The molecule has 4 nitrogen and oxygen atoms in total. The van der Waals surface area contributed by atoms with E-state index in [4.69, 9.17) is 23.1 Å². The minimum absolute atomic E-state index is 0.0771. The van der Waals surface area contributed by atoms with Gasteiger partial charge in [0.15, 0.2) is 9.84 Å². The maximum Gasteiger partial charge on any atom is 0.155 e. The molecular formula is C12H17ClN2O2S. The van der Waals surface area contributed by atoms with E-state index in [-0.39, 0.29) is 18.2 Å². The van der Waals surface area contributed by atoms with Crippen LogP contribution in [0.4, 0.5) is 0 Å². The summed E-state index contributed by atoms with van der Waals surface area (Å²) in [6, 6.07) is 7.15. The molecule has 0 bridgehead atoms. The molecule has 0 aromatic heterocycles. The van der Waals surface area contributed by atoms with Gasteiger partial charge in [-0.1, -0.05) is 30.7 Å². The highest BCUT2D eigenvalue weighted by Gasteiger charge is 2.67. The summed E-state index contributed by atoms with van der Waals surface area (Å²) in [6.07, 6.45) is 0. The number of benzene rings is 1. The zero-order valence-corrected chi connectivity index (χ0v) is 11.7. The zero-order valence-electron chi connectivity index (χ0n) is 10.1. The molecule has 1 aliphatic carbocycles. The smallest absolute Gasteiger partial charge is 0.155 e. The summed E-state index contributed by atoms with van der Waals surface area (Å²) in [5.74, 6) is -0.181. The van der Waals surface area contributed by atoms with Crippen molar-refractivity contribution in [2.45, 2.75) is 23.6 Å². The van der Waals surface area contributed by atoms with Crippen molar-refractivity contribution >= 4 is 21.4 Å². The number of hydrogen-bond acceptors (Lipinski definition) is 4. The Labute approximate surface area is 112 Å². The maximum absolute atomic E-state index is 12.0. The quantitative estimate of drug-likeness (QED) is 0.862. The van der Waals surface area contributed by atoms with E-state index in [2.05, 4.69) is 0 Å². The van der Waals surface area contributed by atoms with Gasteiger partial charge < -0.3 is 11.5 Å². The average molecular weight is 289 g/mol. The second-order valence-electron chi connectivity index (χ2n) is 4.72. The average Bonchev–Trinajstić information content (AvgIpc) is 2.98. The first-order valence-electron chi connectivity index (χ1n) is 5.83. The van der Waals surface area contributed by atoms with Gasteiger partial charge in [0.05, 0.1) is 10.8 Å². The maximum atomic E-state index is 12.0. The molecule has 1 aromatic carbocycles. The van der Waals surface area contributed by atoms with Crippen LogP contribution in [0.15, 0.2) is 24.3 Å². The molecule has 2 rings (SSSR count). The Morgan fingerprint density at radius 1 is 1.44 bits per heavy atom. The molecule has 0 saturated heterocycles. The van der Waals surface area contributed by atoms with Gasteiger partial charge in [0, 0.05) is 23.2 Å². The van der Waals surface area contributed by atoms with E-state index >= 15 is 0 Å². The van der Waals surface area contributed by atoms with Crippen LogP contribution >= 0.6 is 11.6 Å². The third-order valence-electron chi connectivity index (χ3n) is 3.65. The fraction of sp³-hybridized carbons (Fsp3) is 0.500. The van der Waals surface area contributed by atoms with Crippen molar-refractivity contribution in [3.63, 3.8) is 0 Å². The van der Waals surface area contributed by atoms with E-state index in [1.807, 2.05) is 6.07 Å². The van der Waals surface area contributed by atoms with Crippen molar-refractivity contribution in [2.24, 2.45) is 11.5 Å². The van der Waals surface area contributed by atoms with Crippen LogP contribution < -0.4 is 11.5 Å². The molecule has 3 atom stereocenters. The molecule has 0 amide bonds. The predicted molar refractivity (Wildman–Crippen MR) is 73.4 cm³/mol. The monoisotopic (exact) mass is 288 g/mol. The molecule has 1 fully saturated rings. The first-order chi connectivity index (χ1) is 8.36. The summed E-state index contributed by atoms with van der Waals surface area (Å²) in [6.45, 7) is 1.77. The lowest BCUT2D eigenvalue weighted by molar-refractivity contribution is 0.587. The van der Waals surface area contributed by atoms with Crippen molar-refractivity contribution < 1.29 is 8.42 Å². The van der Waals surface area contributed by atoms with Crippen molar-refractivity contribution in [3.05, 3.63) is 34.9 Å². The van der Waals surface area contributed by atoms with Gasteiger partial charge >= 0.3 is 0 Å². The van der Waals surface area contributed by atoms with Crippen LogP contribution in [0.3, 0.4) is 0 Å². The van der Waals surface area contributed by atoms with Crippen LogP contribution in [0.5, 0.6) is 0 Å². The molecule has 18 heavy (non-hydrogen) atoms. The molecule has 1 aliphatic rings. The third kappa shape index (κ3) is 2.05. The van der Waals surface area contributed by atoms with Crippen LogP contribution in [0, 0.1) is 0 Å². The van der Waals surface area contributed by atoms with E-state index in [0.717, 1.165) is 5.56 Å². The molecule has 0 unspecified atom stereocenters. The van der Waals surface area contributed by atoms with E-state index in [9.17, 15) is 8.42 Å². The molecule has 0 radical (unpaired) electrons. The summed E-state index contributed by atoms with van der Waals surface area (Å²) in [4.78, 5) is 0. The molecule has 1 saturated carbocycles. The molecular weight excluding hydrogens is 272 g/mol. The molecule has 0 spiro atoms. The van der Waals surface area contributed by atoms with E-state index in [0.29, 0.717) is 5.02 Å². The Bertz CT molecular complexity index is 561. The van der Waals surface area contributed by atoms with Crippen LogP contribution in [-0.4, -0.2) is 31.5 Å². The Morgan fingerprint density at radius 2 is 2.11 bits per heavy atom. The molecule has 1 aromatic rings. The van der Waals surface area contributed by atoms with Crippen LogP contribution in [0.25, 0.3) is 0 Å². The minimum Gasteiger partial charge on any atom is -0.329 e. The van der Waals surface area contributed by atoms with Crippen LogP contribution in [0.1, 0.15) is 18.4 Å². The zero-order chi connectivity index (χ0) is 13.6. The summed E-state index contributed by atoms with van der Waals surface area (Å²) in [7, 11) is -3.20. The number of hydrogen-bond donors (Lipinski definition) is 2. The lowest BCUT2D eigenvalue weighted by Crippen LogP contribution is -2.39.